The maximum atomic E-state index is 12.7. The van der Waals surface area contributed by atoms with Crippen LogP contribution in [0.15, 0.2) is 0 Å². The van der Waals surface area contributed by atoms with E-state index in [-0.39, 0.29) is 36.8 Å². The Kier molecular flexibility index (Phi) is 15.6. The molecule has 0 bridgehead atoms. The molecule has 1 amide bonds. The second kappa shape index (κ2) is 14.3. The van der Waals surface area contributed by atoms with Gasteiger partial charge in [0.2, 0.25) is 5.91 Å². The van der Waals surface area contributed by atoms with Crippen LogP contribution >= 0.6 is 24.8 Å². The van der Waals surface area contributed by atoms with Crippen LogP contribution in [0.1, 0.15) is 40.5 Å². The number of ether oxygens (including phenoxy) is 1. The number of halogens is 2. The normalized spacial score (nSPS) is 17.8. The van der Waals surface area contributed by atoms with E-state index in [1.807, 2.05) is 0 Å². The summed E-state index contributed by atoms with van der Waals surface area (Å²) in [6.07, 6.45) is 2.07. The van der Waals surface area contributed by atoms with Gasteiger partial charge in [-0.05, 0) is 19.4 Å². The first kappa shape index (κ1) is 25.2. The maximum absolute atomic E-state index is 12.7. The molecule has 7 heteroatoms. The lowest BCUT2D eigenvalue weighted by Crippen LogP contribution is -2.55. The highest BCUT2D eigenvalue weighted by Gasteiger charge is 2.32. The van der Waals surface area contributed by atoms with Gasteiger partial charge < -0.3 is 15.4 Å². The van der Waals surface area contributed by atoms with Crippen LogP contribution in [0, 0.1) is 5.92 Å². The second-order valence-corrected chi connectivity index (χ2v) is 5.87. The molecule has 1 rings (SSSR count). The molecule has 1 fully saturated rings. The van der Waals surface area contributed by atoms with E-state index in [1.54, 1.807) is 0 Å². The monoisotopic (exact) mass is 371 g/mol. The fourth-order valence-corrected chi connectivity index (χ4v) is 3.05. The van der Waals surface area contributed by atoms with E-state index in [2.05, 4.69) is 43.2 Å². The number of nitrogens with one attached hydrogen (secondary N) is 2. The van der Waals surface area contributed by atoms with Crippen LogP contribution in [0.4, 0.5) is 0 Å². The van der Waals surface area contributed by atoms with Crippen LogP contribution in [0.2, 0.25) is 0 Å². The molecule has 1 aliphatic heterocycles. The summed E-state index contributed by atoms with van der Waals surface area (Å²) < 4.78 is 5.42. The molecule has 0 aromatic carbocycles. The van der Waals surface area contributed by atoms with Crippen LogP contribution < -0.4 is 10.6 Å². The minimum atomic E-state index is -0.0160. The van der Waals surface area contributed by atoms with E-state index < -0.39 is 0 Å². The van der Waals surface area contributed by atoms with Crippen LogP contribution in [-0.4, -0.2) is 62.3 Å². The zero-order chi connectivity index (χ0) is 15.7. The molecule has 5 nitrogen and oxygen atoms in total. The third kappa shape index (κ3) is 8.54. The topological polar surface area (TPSA) is 53.6 Å². The zero-order valence-corrected chi connectivity index (χ0v) is 16.6. The predicted molar refractivity (Wildman–Crippen MR) is 101 cm³/mol. The smallest absolute Gasteiger partial charge is 0.237 e. The molecule has 2 N–H and O–H groups in total. The number of likely N-dealkylation sites (N-methyl/N-ethyl adjacent to an activating group) is 1. The summed E-state index contributed by atoms with van der Waals surface area (Å²) in [7, 11) is 0. The van der Waals surface area contributed by atoms with E-state index in [0.717, 1.165) is 45.7 Å². The number of hydrogen-bond acceptors (Lipinski definition) is 4. The molecule has 0 aromatic heterocycles. The van der Waals surface area contributed by atoms with Gasteiger partial charge in [-0.1, -0.05) is 33.6 Å². The van der Waals surface area contributed by atoms with E-state index in [4.69, 9.17) is 4.74 Å². The van der Waals surface area contributed by atoms with Gasteiger partial charge in [-0.3, -0.25) is 9.69 Å². The van der Waals surface area contributed by atoms with Gasteiger partial charge in [0.1, 0.15) is 0 Å². The highest BCUT2D eigenvalue weighted by Crippen LogP contribution is 2.20. The number of morpholine rings is 1. The molecule has 0 saturated carbocycles. The number of amides is 1. The van der Waals surface area contributed by atoms with E-state index in [1.165, 1.54) is 0 Å². The first-order valence-electron chi connectivity index (χ1n) is 8.46. The quantitative estimate of drug-likeness (QED) is 0.651. The van der Waals surface area contributed by atoms with Crippen LogP contribution in [0.3, 0.4) is 0 Å². The number of hydrogen-bond donors (Lipinski definition) is 2. The van der Waals surface area contributed by atoms with Gasteiger partial charge in [-0.25, -0.2) is 0 Å². The SMILES string of the molecule is CCN[C@H](C)CNC(=O)C(C(CC)CC)N1CCOCC1.Cl.Cl. The van der Waals surface area contributed by atoms with Crippen molar-refractivity contribution in [3.63, 3.8) is 0 Å². The molecule has 1 aliphatic rings. The van der Waals surface area contributed by atoms with Gasteiger partial charge >= 0.3 is 0 Å². The maximum Gasteiger partial charge on any atom is 0.237 e. The lowest BCUT2D eigenvalue weighted by atomic mass is 9.91. The molecule has 140 valence electrons. The first-order valence-corrected chi connectivity index (χ1v) is 8.46. The summed E-state index contributed by atoms with van der Waals surface area (Å²) in [5, 5.41) is 6.46. The van der Waals surface area contributed by atoms with Crippen LogP contribution in [0.5, 0.6) is 0 Å². The average molecular weight is 372 g/mol. The van der Waals surface area contributed by atoms with Crippen molar-refractivity contribution < 1.29 is 9.53 Å². The molecule has 1 saturated heterocycles. The van der Waals surface area contributed by atoms with Crippen molar-refractivity contribution in [3.05, 3.63) is 0 Å². The Hall–Kier alpha value is -0.0700. The Morgan fingerprint density at radius 3 is 2.17 bits per heavy atom. The molecular weight excluding hydrogens is 337 g/mol. The third-order valence-electron chi connectivity index (χ3n) is 4.34. The third-order valence-corrected chi connectivity index (χ3v) is 4.34. The summed E-state index contributed by atoms with van der Waals surface area (Å²) in [6.45, 7) is 13.3. The minimum Gasteiger partial charge on any atom is -0.379 e. The van der Waals surface area contributed by atoms with Gasteiger partial charge in [0.15, 0.2) is 0 Å². The average Bonchev–Trinajstić information content (AvgIpc) is 2.51. The molecule has 1 heterocycles. The fourth-order valence-electron chi connectivity index (χ4n) is 3.05. The number of carbonyl (C=O) groups excluding carboxylic acids is 1. The largest absolute Gasteiger partial charge is 0.379 e. The van der Waals surface area contributed by atoms with Crippen molar-refractivity contribution in [2.45, 2.75) is 52.6 Å². The summed E-state index contributed by atoms with van der Waals surface area (Å²) in [5.41, 5.74) is 0. The molecule has 0 radical (unpaired) electrons. The zero-order valence-electron chi connectivity index (χ0n) is 15.0. The molecule has 1 unspecified atom stereocenters. The van der Waals surface area contributed by atoms with Crippen molar-refractivity contribution in [2.24, 2.45) is 5.92 Å². The lowest BCUT2D eigenvalue weighted by Gasteiger charge is -2.37. The Labute approximate surface area is 154 Å². The van der Waals surface area contributed by atoms with E-state index in [9.17, 15) is 4.79 Å². The Morgan fingerprint density at radius 2 is 1.70 bits per heavy atom. The Balaban J connectivity index is 0. The number of rotatable bonds is 9. The van der Waals surface area contributed by atoms with Crippen molar-refractivity contribution in [3.8, 4) is 0 Å². The Bertz CT molecular complexity index is 299. The molecule has 0 spiro atoms. The van der Waals surface area contributed by atoms with Gasteiger partial charge in [0.05, 0.1) is 19.3 Å². The Morgan fingerprint density at radius 1 is 1.13 bits per heavy atom. The van der Waals surface area contributed by atoms with Crippen molar-refractivity contribution in [1.82, 2.24) is 15.5 Å². The highest BCUT2D eigenvalue weighted by molar-refractivity contribution is 5.85. The fraction of sp³-hybridized carbons (Fsp3) is 0.938. The van der Waals surface area contributed by atoms with Crippen molar-refractivity contribution in [1.29, 1.82) is 0 Å². The summed E-state index contributed by atoms with van der Waals surface area (Å²) in [4.78, 5) is 15.0. The van der Waals surface area contributed by atoms with Gasteiger partial charge in [-0.15, -0.1) is 24.8 Å². The standard InChI is InChI=1S/C16H33N3O2.2ClH/c1-5-14(6-2)15(19-8-10-21-11-9-19)16(20)18-12-13(4)17-7-3;;/h13-15,17H,5-12H2,1-4H3,(H,18,20);2*1H/t13-,15?;;/m1../s1. The van der Waals surface area contributed by atoms with Crippen LogP contribution in [-0.2, 0) is 9.53 Å². The lowest BCUT2D eigenvalue weighted by molar-refractivity contribution is -0.130. The summed E-state index contributed by atoms with van der Waals surface area (Å²) >= 11 is 0. The molecular formula is C16H35Cl2N3O2. The molecule has 0 aliphatic carbocycles. The van der Waals surface area contributed by atoms with Gasteiger partial charge in [0, 0.05) is 25.7 Å². The van der Waals surface area contributed by atoms with E-state index >= 15 is 0 Å². The number of carbonyl (C=O) groups is 1. The van der Waals surface area contributed by atoms with Crippen molar-refractivity contribution >= 4 is 30.7 Å². The predicted octanol–water partition coefficient (Wildman–Crippen LogP) is 2.08. The second-order valence-electron chi connectivity index (χ2n) is 5.87. The summed E-state index contributed by atoms with van der Waals surface area (Å²) in [6, 6.07) is 0.295. The van der Waals surface area contributed by atoms with Crippen molar-refractivity contribution in [2.75, 3.05) is 39.4 Å². The first-order chi connectivity index (χ1) is 10.1. The molecule has 0 aromatic rings. The van der Waals surface area contributed by atoms with E-state index in [0.29, 0.717) is 18.5 Å². The van der Waals surface area contributed by atoms with Crippen LogP contribution in [0.25, 0.3) is 0 Å². The molecule has 2 atom stereocenters. The van der Waals surface area contributed by atoms with Gasteiger partial charge in [-0.2, -0.15) is 0 Å². The highest BCUT2D eigenvalue weighted by atomic mass is 35.5. The summed E-state index contributed by atoms with van der Waals surface area (Å²) in [5.74, 6) is 0.591. The number of nitrogens with zero attached hydrogens (tertiary/aromatic N) is 1. The molecule has 23 heavy (non-hydrogen) atoms. The van der Waals surface area contributed by atoms with Gasteiger partial charge in [0.25, 0.3) is 0 Å². The minimum absolute atomic E-state index is 0.